The zero-order valence-corrected chi connectivity index (χ0v) is 12.0. The van der Waals surface area contributed by atoms with Gasteiger partial charge in [-0.25, -0.2) is 0 Å². The highest BCUT2D eigenvalue weighted by molar-refractivity contribution is 6.31. The van der Waals surface area contributed by atoms with Crippen LogP contribution in [0, 0.1) is 24.7 Å². The van der Waals surface area contributed by atoms with Gasteiger partial charge in [0.1, 0.15) is 0 Å². The van der Waals surface area contributed by atoms with Crippen LogP contribution in [0.15, 0.2) is 18.2 Å². The van der Waals surface area contributed by atoms with Crippen molar-refractivity contribution in [3.63, 3.8) is 0 Å². The quantitative estimate of drug-likeness (QED) is 0.855. The maximum Gasteiger partial charge on any atom is 0.0438 e. The minimum absolute atomic E-state index is 0.485. The van der Waals surface area contributed by atoms with E-state index in [2.05, 4.69) is 31.4 Å². The number of benzene rings is 1. The molecule has 0 saturated heterocycles. The number of fused-ring (bicyclic) bond motifs is 2. The van der Waals surface area contributed by atoms with Gasteiger partial charge in [0.25, 0.3) is 0 Å². The molecule has 3 rings (SSSR count). The number of halogens is 1. The molecule has 2 aliphatic carbocycles. The standard InChI is InChI=1S/C16H22ClN/c1-10-13(4-3-5-15(10)17)16(18-2)14-9-11-6-7-12(14)8-11/h3-5,11-12,14,16,18H,6-9H2,1-2H3. The highest BCUT2D eigenvalue weighted by Crippen LogP contribution is 2.52. The van der Waals surface area contributed by atoms with Gasteiger partial charge in [-0.2, -0.15) is 0 Å². The Morgan fingerprint density at radius 1 is 1.28 bits per heavy atom. The lowest BCUT2D eigenvalue weighted by atomic mass is 9.79. The summed E-state index contributed by atoms with van der Waals surface area (Å²) in [6.07, 6.45) is 5.77. The summed E-state index contributed by atoms with van der Waals surface area (Å²) >= 11 is 6.27. The largest absolute Gasteiger partial charge is 0.313 e. The molecule has 2 heteroatoms. The summed E-state index contributed by atoms with van der Waals surface area (Å²) in [4.78, 5) is 0. The molecule has 2 bridgehead atoms. The number of hydrogen-bond acceptors (Lipinski definition) is 1. The Labute approximate surface area is 115 Å². The summed E-state index contributed by atoms with van der Waals surface area (Å²) in [5.74, 6) is 2.74. The van der Waals surface area contributed by atoms with Crippen LogP contribution in [0.25, 0.3) is 0 Å². The van der Waals surface area contributed by atoms with Gasteiger partial charge in [-0.3, -0.25) is 0 Å². The van der Waals surface area contributed by atoms with E-state index in [9.17, 15) is 0 Å². The molecule has 2 saturated carbocycles. The summed E-state index contributed by atoms with van der Waals surface area (Å²) in [5.41, 5.74) is 2.66. The lowest BCUT2D eigenvalue weighted by molar-refractivity contribution is 0.259. The average Bonchev–Trinajstić information content (AvgIpc) is 2.98. The fourth-order valence-corrected chi connectivity index (χ4v) is 4.45. The smallest absolute Gasteiger partial charge is 0.0438 e. The molecule has 4 atom stereocenters. The van der Waals surface area contributed by atoms with E-state index in [-0.39, 0.29) is 0 Å². The van der Waals surface area contributed by atoms with E-state index in [0.717, 1.165) is 22.8 Å². The van der Waals surface area contributed by atoms with Crippen LogP contribution in [0.4, 0.5) is 0 Å². The van der Waals surface area contributed by atoms with Crippen molar-refractivity contribution in [2.75, 3.05) is 7.05 Å². The first-order chi connectivity index (χ1) is 8.70. The van der Waals surface area contributed by atoms with E-state index >= 15 is 0 Å². The van der Waals surface area contributed by atoms with Crippen molar-refractivity contribution in [3.8, 4) is 0 Å². The van der Waals surface area contributed by atoms with Gasteiger partial charge in [0, 0.05) is 11.1 Å². The lowest BCUT2D eigenvalue weighted by Gasteiger charge is -2.31. The van der Waals surface area contributed by atoms with Crippen molar-refractivity contribution in [2.24, 2.45) is 17.8 Å². The molecule has 0 aliphatic heterocycles. The minimum Gasteiger partial charge on any atom is -0.313 e. The van der Waals surface area contributed by atoms with Crippen molar-refractivity contribution in [3.05, 3.63) is 34.3 Å². The predicted molar refractivity (Wildman–Crippen MR) is 76.9 cm³/mol. The zero-order valence-electron chi connectivity index (χ0n) is 11.2. The second-order valence-corrected chi connectivity index (χ2v) is 6.47. The van der Waals surface area contributed by atoms with Crippen LogP contribution in [0.2, 0.25) is 5.02 Å². The Hall–Kier alpha value is -0.530. The number of hydrogen-bond donors (Lipinski definition) is 1. The molecule has 18 heavy (non-hydrogen) atoms. The van der Waals surface area contributed by atoms with E-state index < -0.39 is 0 Å². The van der Waals surface area contributed by atoms with Crippen LogP contribution >= 0.6 is 11.6 Å². The van der Waals surface area contributed by atoms with E-state index in [1.165, 1.54) is 36.8 Å². The van der Waals surface area contributed by atoms with Crippen LogP contribution in [0.1, 0.15) is 42.9 Å². The molecular formula is C16H22ClN. The molecule has 0 radical (unpaired) electrons. The molecule has 0 aromatic heterocycles. The molecule has 1 N–H and O–H groups in total. The highest BCUT2D eigenvalue weighted by atomic mass is 35.5. The van der Waals surface area contributed by atoms with Crippen molar-refractivity contribution >= 4 is 11.6 Å². The molecular weight excluding hydrogens is 242 g/mol. The third kappa shape index (κ3) is 1.98. The van der Waals surface area contributed by atoms with E-state index in [0.29, 0.717) is 6.04 Å². The third-order valence-electron chi connectivity index (χ3n) is 5.18. The Morgan fingerprint density at radius 2 is 2.11 bits per heavy atom. The van der Waals surface area contributed by atoms with Gasteiger partial charge in [0.2, 0.25) is 0 Å². The second kappa shape index (κ2) is 4.86. The fraction of sp³-hybridized carbons (Fsp3) is 0.625. The molecule has 1 aromatic carbocycles. The second-order valence-electron chi connectivity index (χ2n) is 6.06. The van der Waals surface area contributed by atoms with Gasteiger partial charge in [0.05, 0.1) is 0 Å². The van der Waals surface area contributed by atoms with Crippen LogP contribution in [-0.4, -0.2) is 7.05 Å². The Balaban J connectivity index is 1.90. The van der Waals surface area contributed by atoms with E-state index in [1.54, 1.807) is 0 Å². The Kier molecular flexibility index (Phi) is 3.38. The normalized spacial score (nSPS) is 31.8. The summed E-state index contributed by atoms with van der Waals surface area (Å²) in [5, 5.41) is 4.45. The minimum atomic E-state index is 0.485. The number of nitrogens with one attached hydrogen (secondary N) is 1. The van der Waals surface area contributed by atoms with E-state index in [4.69, 9.17) is 11.6 Å². The molecule has 1 nitrogen and oxygen atoms in total. The SMILES string of the molecule is CNC(c1cccc(Cl)c1C)C1CC2CCC1C2. The van der Waals surface area contributed by atoms with Crippen LogP contribution in [0.3, 0.4) is 0 Å². The fourth-order valence-electron chi connectivity index (χ4n) is 4.26. The zero-order chi connectivity index (χ0) is 12.7. The van der Waals surface area contributed by atoms with Crippen molar-refractivity contribution < 1.29 is 0 Å². The van der Waals surface area contributed by atoms with Crippen molar-refractivity contribution in [1.29, 1.82) is 0 Å². The van der Waals surface area contributed by atoms with Gasteiger partial charge in [-0.05, 0) is 68.2 Å². The van der Waals surface area contributed by atoms with Gasteiger partial charge < -0.3 is 5.32 Å². The summed E-state index contributed by atoms with van der Waals surface area (Å²) < 4.78 is 0. The number of rotatable bonds is 3. The Morgan fingerprint density at radius 3 is 2.72 bits per heavy atom. The third-order valence-corrected chi connectivity index (χ3v) is 5.59. The maximum atomic E-state index is 6.27. The molecule has 98 valence electrons. The van der Waals surface area contributed by atoms with Gasteiger partial charge in [-0.15, -0.1) is 0 Å². The van der Waals surface area contributed by atoms with Gasteiger partial charge >= 0.3 is 0 Å². The summed E-state index contributed by atoms with van der Waals surface area (Å²) in [6, 6.07) is 6.81. The first-order valence-electron chi connectivity index (χ1n) is 7.13. The predicted octanol–water partition coefficient (Wildman–Crippen LogP) is 4.35. The molecule has 0 amide bonds. The Bertz CT molecular complexity index is 443. The van der Waals surface area contributed by atoms with E-state index in [1.807, 2.05) is 6.07 Å². The van der Waals surface area contributed by atoms with Crippen molar-refractivity contribution in [2.45, 2.75) is 38.6 Å². The van der Waals surface area contributed by atoms with Crippen LogP contribution in [0.5, 0.6) is 0 Å². The molecule has 1 aromatic rings. The monoisotopic (exact) mass is 263 g/mol. The van der Waals surface area contributed by atoms with Crippen LogP contribution < -0.4 is 5.32 Å². The summed E-state index contributed by atoms with van der Waals surface area (Å²) in [6.45, 7) is 2.15. The molecule has 2 fully saturated rings. The topological polar surface area (TPSA) is 12.0 Å². The first kappa shape index (κ1) is 12.5. The summed E-state index contributed by atoms with van der Waals surface area (Å²) in [7, 11) is 2.09. The molecule has 4 unspecified atom stereocenters. The van der Waals surface area contributed by atoms with Gasteiger partial charge in [-0.1, -0.05) is 30.2 Å². The van der Waals surface area contributed by atoms with Crippen molar-refractivity contribution in [1.82, 2.24) is 5.32 Å². The molecule has 0 spiro atoms. The van der Waals surface area contributed by atoms with Gasteiger partial charge in [0.15, 0.2) is 0 Å². The average molecular weight is 264 g/mol. The molecule has 2 aliphatic rings. The van der Waals surface area contributed by atoms with Crippen LogP contribution in [-0.2, 0) is 0 Å². The lowest BCUT2D eigenvalue weighted by Crippen LogP contribution is -2.29. The maximum absolute atomic E-state index is 6.27. The highest BCUT2D eigenvalue weighted by Gasteiger charge is 2.43. The first-order valence-corrected chi connectivity index (χ1v) is 7.50. The molecule has 0 heterocycles.